The number of aromatic nitrogens is 1. The Morgan fingerprint density at radius 1 is 1.34 bits per heavy atom. The standard InChI is InChI=1S/C24H27ClN2O3S3Te.H2O/c1-4-17(13-22-26(5-2)24-21(32-22)9-7-16(3)34-24)14-23-27(11-6-12-33(28,29)30)19-15-18(25)8-10-20(19)31-23;/h7-10,13-16H,4-6,11-12H2,1-3H3;1H2. The Labute approximate surface area is 230 Å². The van der Waals surface area contributed by atoms with Crippen LogP contribution in [0.25, 0.3) is 12.2 Å². The van der Waals surface area contributed by atoms with Crippen LogP contribution < -0.4 is 13.2 Å². The topological polar surface area (TPSA) is 91.5 Å². The van der Waals surface area contributed by atoms with Crippen LogP contribution in [-0.2, 0) is 16.7 Å². The minimum atomic E-state index is -3.99. The zero-order valence-electron chi connectivity index (χ0n) is 19.8. The number of hydrogen-bond acceptors (Lipinski definition) is 6. The van der Waals surface area contributed by atoms with E-state index in [0.717, 1.165) is 28.6 Å². The maximum absolute atomic E-state index is 11.3. The van der Waals surface area contributed by atoms with Crippen LogP contribution in [0.1, 0.15) is 43.5 Å². The van der Waals surface area contributed by atoms with Gasteiger partial charge in [-0.05, 0) is 0 Å². The number of rotatable bonds is 8. The molecule has 2 N–H and O–H groups in total. The molecule has 0 bridgehead atoms. The Kier molecular flexibility index (Phi) is 9.97. The van der Waals surface area contributed by atoms with Gasteiger partial charge in [0, 0.05) is 0 Å². The molecular formula is C24H29ClN2O4S3Te. The van der Waals surface area contributed by atoms with E-state index in [2.05, 4.69) is 54.5 Å². The predicted molar refractivity (Wildman–Crippen MR) is 148 cm³/mol. The molecule has 1 aromatic carbocycles. The van der Waals surface area contributed by atoms with E-state index in [9.17, 15) is 13.0 Å². The summed E-state index contributed by atoms with van der Waals surface area (Å²) in [5.41, 5.74) is 2.20. The SMILES string of the molecule is CCC(=Cc1sc2c([n+]1CC)[Te]C(C)C=C2)C=C1Sc2ccc(Cl)cc2N1CCCS(=O)(=O)O.[OH-]. The summed E-state index contributed by atoms with van der Waals surface area (Å²) in [5.74, 6) is -0.263. The molecule has 0 radical (unpaired) electrons. The monoisotopic (exact) mass is 670 g/mol. The first kappa shape index (κ1) is 28.7. The summed E-state index contributed by atoms with van der Waals surface area (Å²) in [7, 11) is -3.99. The number of allylic oxidation sites excluding steroid dienone is 3. The molecule has 11 heteroatoms. The van der Waals surface area contributed by atoms with Crippen molar-refractivity contribution < 1.29 is 23.0 Å². The van der Waals surface area contributed by atoms with Crippen molar-refractivity contribution in [2.45, 2.75) is 49.0 Å². The van der Waals surface area contributed by atoms with Gasteiger partial charge in [-0.3, -0.25) is 4.55 Å². The van der Waals surface area contributed by atoms with Crippen molar-refractivity contribution >= 4 is 87.3 Å². The number of thioether (sulfide) groups is 1. The van der Waals surface area contributed by atoms with Crippen LogP contribution in [0.4, 0.5) is 5.69 Å². The third kappa shape index (κ3) is 6.93. The molecule has 0 amide bonds. The zero-order chi connectivity index (χ0) is 24.5. The van der Waals surface area contributed by atoms with Crippen molar-refractivity contribution in [3.63, 3.8) is 0 Å². The summed E-state index contributed by atoms with van der Waals surface area (Å²) in [6.07, 6.45) is 10.4. The first-order chi connectivity index (χ1) is 16.2. The smallest absolute Gasteiger partial charge is 0.870 e. The van der Waals surface area contributed by atoms with Crippen LogP contribution in [0, 0.1) is 0 Å². The number of halogens is 1. The van der Waals surface area contributed by atoms with Gasteiger partial charge in [-0.15, -0.1) is 0 Å². The molecule has 0 saturated heterocycles. The molecule has 0 spiro atoms. The minimum Gasteiger partial charge on any atom is -0.870 e. The molecule has 2 aliphatic heterocycles. The molecule has 3 heterocycles. The second-order valence-electron chi connectivity index (χ2n) is 8.10. The molecule has 6 nitrogen and oxygen atoms in total. The Hall–Kier alpha value is -0.830. The van der Waals surface area contributed by atoms with Gasteiger partial charge in [-0.25, -0.2) is 0 Å². The first-order valence-electron chi connectivity index (χ1n) is 11.2. The molecule has 2 aromatic rings. The fourth-order valence-corrected chi connectivity index (χ4v) is 10.7. The van der Waals surface area contributed by atoms with Gasteiger partial charge >= 0.3 is 214 Å². The van der Waals surface area contributed by atoms with E-state index in [0.29, 0.717) is 22.0 Å². The van der Waals surface area contributed by atoms with Crippen LogP contribution in [0.3, 0.4) is 0 Å². The van der Waals surface area contributed by atoms with Crippen molar-refractivity contribution in [2.24, 2.45) is 0 Å². The fourth-order valence-electron chi connectivity index (χ4n) is 3.90. The number of anilines is 1. The van der Waals surface area contributed by atoms with Gasteiger partial charge in [0.2, 0.25) is 0 Å². The third-order valence-corrected chi connectivity index (χ3v) is 12.6. The Morgan fingerprint density at radius 3 is 2.80 bits per heavy atom. The average Bonchev–Trinajstić information content (AvgIpc) is 3.29. The summed E-state index contributed by atoms with van der Waals surface area (Å²) in [5, 5.41) is 2.98. The van der Waals surface area contributed by atoms with E-state index >= 15 is 0 Å². The van der Waals surface area contributed by atoms with Crippen molar-refractivity contribution in [1.29, 1.82) is 0 Å². The van der Waals surface area contributed by atoms with Gasteiger partial charge in [-0.1, -0.05) is 0 Å². The van der Waals surface area contributed by atoms with Crippen LogP contribution in [0.5, 0.6) is 0 Å². The van der Waals surface area contributed by atoms with E-state index in [4.69, 9.17) is 11.6 Å². The molecule has 35 heavy (non-hydrogen) atoms. The van der Waals surface area contributed by atoms with E-state index in [1.807, 2.05) is 29.5 Å². The number of nitrogens with zero attached hydrogens (tertiary/aromatic N) is 2. The number of fused-ring (bicyclic) bond motifs is 2. The predicted octanol–water partition coefficient (Wildman–Crippen LogP) is 5.22. The summed E-state index contributed by atoms with van der Waals surface area (Å²) in [4.78, 5) is 4.61. The Bertz CT molecular complexity index is 1290. The van der Waals surface area contributed by atoms with E-state index in [1.165, 1.54) is 15.5 Å². The second kappa shape index (κ2) is 12.1. The normalized spacial score (nSPS) is 18.5. The third-order valence-electron chi connectivity index (χ3n) is 5.57. The molecule has 0 saturated carbocycles. The van der Waals surface area contributed by atoms with E-state index < -0.39 is 10.1 Å². The van der Waals surface area contributed by atoms with Gasteiger partial charge in [0.1, 0.15) is 0 Å². The van der Waals surface area contributed by atoms with Crippen LogP contribution in [-0.4, -0.2) is 51.7 Å². The van der Waals surface area contributed by atoms with Gasteiger partial charge in [0.15, 0.2) is 0 Å². The second-order valence-corrected chi connectivity index (χ2v) is 16.1. The summed E-state index contributed by atoms with van der Waals surface area (Å²) >= 11 is 9.58. The molecule has 0 fully saturated rings. The maximum atomic E-state index is 11.3. The molecular weight excluding hydrogens is 640 g/mol. The molecule has 1 unspecified atom stereocenters. The Morgan fingerprint density at radius 2 is 2.11 bits per heavy atom. The van der Waals surface area contributed by atoms with Crippen molar-refractivity contribution in [2.75, 3.05) is 17.2 Å². The van der Waals surface area contributed by atoms with Crippen LogP contribution in [0.2, 0.25) is 8.99 Å². The van der Waals surface area contributed by atoms with Crippen LogP contribution >= 0.6 is 34.7 Å². The zero-order valence-corrected chi connectivity index (χ0v) is 25.3. The van der Waals surface area contributed by atoms with Crippen LogP contribution in [0.15, 0.2) is 45.8 Å². The quantitative estimate of drug-likeness (QED) is 0.236. The first-order valence-corrected chi connectivity index (χ1v) is 17.4. The van der Waals surface area contributed by atoms with Crippen molar-refractivity contribution in [3.05, 3.63) is 55.9 Å². The summed E-state index contributed by atoms with van der Waals surface area (Å²) in [6.45, 7) is 8.15. The van der Waals surface area contributed by atoms with Gasteiger partial charge in [0.05, 0.1) is 0 Å². The van der Waals surface area contributed by atoms with Gasteiger partial charge in [0.25, 0.3) is 0 Å². The summed E-state index contributed by atoms with van der Waals surface area (Å²) in [6, 6.07) is 5.80. The molecule has 1 aromatic heterocycles. The molecule has 4 rings (SSSR count). The van der Waals surface area contributed by atoms with Crippen molar-refractivity contribution in [3.8, 4) is 0 Å². The number of benzene rings is 1. The summed E-state index contributed by atoms with van der Waals surface area (Å²) < 4.78 is 36.4. The molecule has 190 valence electrons. The van der Waals surface area contributed by atoms with E-state index in [1.54, 1.807) is 15.5 Å². The number of hydrogen-bond donors (Lipinski definition) is 1. The molecule has 2 aliphatic rings. The van der Waals surface area contributed by atoms with Gasteiger partial charge in [-0.2, -0.15) is 8.42 Å². The molecule has 0 aliphatic carbocycles. The minimum absolute atomic E-state index is 0. The van der Waals surface area contributed by atoms with E-state index in [-0.39, 0.29) is 32.2 Å². The molecule has 1 atom stereocenters. The fraction of sp³-hybridized carbons (Fsp3) is 0.375. The average molecular weight is 669 g/mol. The number of thiazole rings is 1. The van der Waals surface area contributed by atoms with Crippen molar-refractivity contribution in [1.82, 2.24) is 0 Å². The van der Waals surface area contributed by atoms with Gasteiger partial charge < -0.3 is 5.48 Å². The Balaban J connectivity index is 0.00000342.